The molecule has 5 heteroatoms. The molecule has 1 aromatic rings. The van der Waals surface area contributed by atoms with Gasteiger partial charge in [-0.25, -0.2) is 0 Å². The molecule has 30 heavy (non-hydrogen) atoms. The number of ether oxygens (including phenoxy) is 1. The first-order valence-corrected chi connectivity index (χ1v) is 11.4. The molecule has 4 saturated carbocycles. The number of nitrogens with one attached hydrogen (secondary N) is 1. The first kappa shape index (κ1) is 19.7. The van der Waals surface area contributed by atoms with Crippen molar-refractivity contribution in [3.8, 4) is 11.5 Å². The van der Waals surface area contributed by atoms with E-state index in [0.29, 0.717) is 5.75 Å². The molecule has 160 valence electrons. The molecule has 0 aliphatic heterocycles. The van der Waals surface area contributed by atoms with Gasteiger partial charge in [0.15, 0.2) is 0 Å². The molecular formula is C25H31NO4. The third kappa shape index (κ3) is 3.32. The summed E-state index contributed by atoms with van der Waals surface area (Å²) in [7, 11) is 1.62. The number of carbonyl (C=O) groups excluding carboxylic acids is 2. The summed E-state index contributed by atoms with van der Waals surface area (Å²) in [5.74, 6) is 1.71. The van der Waals surface area contributed by atoms with Crippen LogP contribution < -0.4 is 10.1 Å². The van der Waals surface area contributed by atoms with E-state index in [1.165, 1.54) is 19.3 Å². The number of aromatic hydroxyl groups is 1. The van der Waals surface area contributed by atoms with Gasteiger partial charge >= 0.3 is 0 Å². The molecule has 5 nitrogen and oxygen atoms in total. The van der Waals surface area contributed by atoms with E-state index in [4.69, 9.17) is 4.74 Å². The number of imide groups is 1. The number of phenolic OH excluding ortho intramolecular Hbond substituents is 1. The fourth-order valence-electron chi connectivity index (χ4n) is 7.08. The Kier molecular flexibility index (Phi) is 4.87. The summed E-state index contributed by atoms with van der Waals surface area (Å²) in [6.07, 6.45) is 13.9. The second-order valence-corrected chi connectivity index (χ2v) is 10.1. The molecule has 6 rings (SSSR count). The molecule has 1 aromatic carbocycles. The lowest BCUT2D eigenvalue weighted by Gasteiger charge is -2.57. The second-order valence-electron chi connectivity index (χ2n) is 10.1. The zero-order valence-corrected chi connectivity index (χ0v) is 17.7. The molecule has 2 amide bonds. The average molecular weight is 410 g/mol. The van der Waals surface area contributed by atoms with Crippen molar-refractivity contribution < 1.29 is 19.4 Å². The van der Waals surface area contributed by atoms with Crippen LogP contribution >= 0.6 is 0 Å². The van der Waals surface area contributed by atoms with Crippen LogP contribution in [0, 0.1) is 23.7 Å². The Labute approximate surface area is 177 Å². The Balaban J connectivity index is 1.45. The topological polar surface area (TPSA) is 75.6 Å². The summed E-state index contributed by atoms with van der Waals surface area (Å²) in [5, 5.41) is 13.1. The van der Waals surface area contributed by atoms with Crippen LogP contribution in [0.2, 0.25) is 0 Å². The van der Waals surface area contributed by atoms with Gasteiger partial charge in [-0.3, -0.25) is 14.9 Å². The van der Waals surface area contributed by atoms with Crippen molar-refractivity contribution in [1.82, 2.24) is 5.32 Å². The Morgan fingerprint density at radius 3 is 2.33 bits per heavy atom. The van der Waals surface area contributed by atoms with E-state index >= 15 is 0 Å². The lowest BCUT2D eigenvalue weighted by molar-refractivity contribution is -0.122. The molecular weight excluding hydrogens is 378 g/mol. The minimum absolute atomic E-state index is 0.0267. The Morgan fingerprint density at radius 1 is 1.10 bits per heavy atom. The van der Waals surface area contributed by atoms with Crippen LogP contribution in [0.3, 0.4) is 0 Å². The fraction of sp³-hybridized carbons (Fsp3) is 0.600. The normalized spacial score (nSPS) is 34.0. The smallest absolute Gasteiger partial charge is 0.261 e. The monoisotopic (exact) mass is 409 g/mol. The summed E-state index contributed by atoms with van der Waals surface area (Å²) < 4.78 is 5.66. The van der Waals surface area contributed by atoms with Crippen molar-refractivity contribution in [1.29, 1.82) is 0 Å². The zero-order valence-electron chi connectivity index (χ0n) is 17.7. The standard InChI is InChI=1S/C25H31NO4/c1-30-22-11-21(27)19(24(29)26-23(28)18-5-3-2-4-6-18)10-20(22)25-12-15-7-16(13-25)9-17(8-15)14-25/h3,5,10-11,15-18,27H,2,4,6-9,12-14H2,1H3,(H,26,28,29). The van der Waals surface area contributed by atoms with E-state index in [0.717, 1.165) is 61.8 Å². The van der Waals surface area contributed by atoms with E-state index in [1.807, 2.05) is 12.2 Å². The van der Waals surface area contributed by atoms with Gasteiger partial charge in [0.2, 0.25) is 5.91 Å². The van der Waals surface area contributed by atoms with Gasteiger partial charge in [-0.1, -0.05) is 12.2 Å². The number of benzene rings is 1. The molecule has 1 unspecified atom stereocenters. The van der Waals surface area contributed by atoms with E-state index in [1.54, 1.807) is 19.2 Å². The van der Waals surface area contributed by atoms with Gasteiger partial charge in [-0.05, 0) is 87.0 Å². The maximum atomic E-state index is 12.9. The molecule has 1 atom stereocenters. The third-order valence-electron chi connectivity index (χ3n) is 8.00. The van der Waals surface area contributed by atoms with Crippen molar-refractivity contribution >= 4 is 11.8 Å². The summed E-state index contributed by atoms with van der Waals surface area (Å²) in [4.78, 5) is 25.5. The number of hydrogen-bond donors (Lipinski definition) is 2. The third-order valence-corrected chi connectivity index (χ3v) is 8.00. The summed E-state index contributed by atoms with van der Waals surface area (Å²) in [6.45, 7) is 0. The van der Waals surface area contributed by atoms with Crippen molar-refractivity contribution in [2.75, 3.05) is 7.11 Å². The molecule has 2 N–H and O–H groups in total. The lowest BCUT2D eigenvalue weighted by atomic mass is 9.48. The van der Waals surface area contributed by atoms with E-state index in [9.17, 15) is 14.7 Å². The largest absolute Gasteiger partial charge is 0.507 e. The predicted molar refractivity (Wildman–Crippen MR) is 113 cm³/mol. The molecule has 0 spiro atoms. The molecule has 4 fully saturated rings. The number of phenols is 1. The first-order chi connectivity index (χ1) is 14.5. The summed E-state index contributed by atoms with van der Waals surface area (Å²) in [5.41, 5.74) is 1.24. The van der Waals surface area contributed by atoms with Gasteiger partial charge in [0.05, 0.1) is 18.6 Å². The van der Waals surface area contributed by atoms with Gasteiger partial charge in [-0.2, -0.15) is 0 Å². The van der Waals surface area contributed by atoms with E-state index in [-0.39, 0.29) is 28.6 Å². The van der Waals surface area contributed by atoms with Gasteiger partial charge < -0.3 is 9.84 Å². The van der Waals surface area contributed by atoms with Gasteiger partial charge in [-0.15, -0.1) is 0 Å². The number of hydrogen-bond acceptors (Lipinski definition) is 4. The quantitative estimate of drug-likeness (QED) is 0.568. The predicted octanol–water partition coefficient (Wildman–Crippen LogP) is 4.48. The Hall–Kier alpha value is -2.30. The van der Waals surface area contributed by atoms with E-state index in [2.05, 4.69) is 5.32 Å². The number of amides is 2. The van der Waals surface area contributed by atoms with Crippen LogP contribution in [0.1, 0.15) is 73.7 Å². The van der Waals surface area contributed by atoms with Crippen LogP contribution in [0.15, 0.2) is 24.3 Å². The fourth-order valence-corrected chi connectivity index (χ4v) is 7.08. The highest BCUT2D eigenvalue weighted by molar-refractivity contribution is 6.07. The Morgan fingerprint density at radius 2 is 1.77 bits per heavy atom. The highest BCUT2D eigenvalue weighted by Gasteiger charge is 2.52. The minimum atomic E-state index is -0.523. The van der Waals surface area contributed by atoms with E-state index < -0.39 is 5.91 Å². The van der Waals surface area contributed by atoms with Gasteiger partial charge in [0.25, 0.3) is 5.91 Å². The number of carbonyl (C=O) groups is 2. The molecule has 5 aliphatic carbocycles. The molecule has 5 aliphatic rings. The van der Waals surface area contributed by atoms with Crippen LogP contribution in [-0.4, -0.2) is 24.0 Å². The highest BCUT2D eigenvalue weighted by Crippen LogP contribution is 2.62. The lowest BCUT2D eigenvalue weighted by Crippen LogP contribution is -2.48. The molecule has 0 radical (unpaired) electrons. The van der Waals surface area contributed by atoms with Crippen molar-refractivity contribution in [2.45, 2.75) is 63.2 Å². The number of allylic oxidation sites excluding steroid dienone is 1. The summed E-state index contributed by atoms with van der Waals surface area (Å²) >= 11 is 0. The SMILES string of the molecule is COc1cc(O)c(C(=O)NC(=O)C2C=CCCC2)cc1C12CC3CC(CC(C3)C1)C2. The van der Waals surface area contributed by atoms with Gasteiger partial charge in [0.1, 0.15) is 11.5 Å². The van der Waals surface area contributed by atoms with Crippen LogP contribution in [0.4, 0.5) is 0 Å². The molecule has 4 bridgehead atoms. The van der Waals surface area contributed by atoms with Gasteiger partial charge in [0, 0.05) is 11.6 Å². The molecule has 0 heterocycles. The van der Waals surface area contributed by atoms with Crippen LogP contribution in [0.25, 0.3) is 0 Å². The van der Waals surface area contributed by atoms with Crippen LogP contribution in [-0.2, 0) is 10.2 Å². The first-order valence-electron chi connectivity index (χ1n) is 11.4. The molecule has 0 aromatic heterocycles. The maximum Gasteiger partial charge on any atom is 0.261 e. The maximum absolute atomic E-state index is 12.9. The van der Waals surface area contributed by atoms with Crippen molar-refractivity contribution in [3.05, 3.63) is 35.4 Å². The number of rotatable bonds is 4. The average Bonchev–Trinajstić information content (AvgIpc) is 2.72. The molecule has 0 saturated heterocycles. The highest BCUT2D eigenvalue weighted by atomic mass is 16.5. The summed E-state index contributed by atoms with van der Waals surface area (Å²) in [6, 6.07) is 3.37. The van der Waals surface area contributed by atoms with Crippen molar-refractivity contribution in [3.63, 3.8) is 0 Å². The van der Waals surface area contributed by atoms with Crippen LogP contribution in [0.5, 0.6) is 11.5 Å². The minimum Gasteiger partial charge on any atom is -0.507 e. The second kappa shape index (κ2) is 7.44. The Bertz CT molecular complexity index is 867. The number of methoxy groups -OCH3 is 1. The van der Waals surface area contributed by atoms with Crippen molar-refractivity contribution in [2.24, 2.45) is 23.7 Å². The zero-order chi connectivity index (χ0) is 20.9.